The summed E-state index contributed by atoms with van der Waals surface area (Å²) < 4.78 is 29.8. The molecule has 10 heteroatoms. The van der Waals surface area contributed by atoms with E-state index in [1.807, 2.05) is 0 Å². The highest BCUT2D eigenvalue weighted by molar-refractivity contribution is 9.10. The molecule has 2 aromatic rings. The van der Waals surface area contributed by atoms with Gasteiger partial charge >= 0.3 is 0 Å². The second-order valence-corrected chi connectivity index (χ2v) is 9.83. The molecule has 0 unspecified atom stereocenters. The predicted molar refractivity (Wildman–Crippen MR) is 112 cm³/mol. The van der Waals surface area contributed by atoms with Crippen molar-refractivity contribution in [3.63, 3.8) is 0 Å². The number of benzene rings is 1. The van der Waals surface area contributed by atoms with Crippen LogP contribution >= 0.6 is 15.9 Å². The van der Waals surface area contributed by atoms with Gasteiger partial charge in [-0.05, 0) is 59.5 Å². The van der Waals surface area contributed by atoms with E-state index in [1.165, 1.54) is 16.4 Å². The van der Waals surface area contributed by atoms with Crippen LogP contribution in [0.4, 0.5) is 0 Å². The van der Waals surface area contributed by atoms with Gasteiger partial charge in [0.2, 0.25) is 10.0 Å². The molecule has 1 fully saturated rings. The first kappa shape index (κ1) is 21.5. The fraction of sp³-hybridized carbons (Fsp3) is 0.368. The lowest BCUT2D eigenvalue weighted by Gasteiger charge is -2.26. The number of rotatable bonds is 4. The lowest BCUT2D eigenvalue weighted by atomic mass is 10.1. The van der Waals surface area contributed by atoms with Crippen molar-refractivity contribution in [2.75, 3.05) is 13.1 Å². The van der Waals surface area contributed by atoms with E-state index in [0.29, 0.717) is 24.3 Å². The van der Waals surface area contributed by atoms with Gasteiger partial charge in [0.25, 0.3) is 11.8 Å². The standard InChI is InChI=1S/C19H23BrN4O4S/c1-13-6-7-14(10-17(13)29(27,28)24-8-4-3-5-9-24)18(25)21-22-19(26)16-11-15(20)12-23(16)2/h6-7,10-12H,3-5,8-9H2,1-2H3,(H,21,25)(H,22,26). The zero-order valence-electron chi connectivity index (χ0n) is 16.2. The normalized spacial score (nSPS) is 15.1. The summed E-state index contributed by atoms with van der Waals surface area (Å²) in [4.78, 5) is 24.8. The minimum atomic E-state index is -3.67. The summed E-state index contributed by atoms with van der Waals surface area (Å²) in [6, 6.07) is 6.11. The quantitative estimate of drug-likeness (QED) is 0.652. The third-order valence-corrected chi connectivity index (χ3v) is 7.35. The first-order valence-corrected chi connectivity index (χ1v) is 11.5. The van der Waals surface area contributed by atoms with Crippen LogP contribution in [0.3, 0.4) is 0 Å². The topological polar surface area (TPSA) is 101 Å². The van der Waals surface area contributed by atoms with Crippen LogP contribution in [-0.2, 0) is 17.1 Å². The van der Waals surface area contributed by atoms with Crippen LogP contribution in [0.5, 0.6) is 0 Å². The van der Waals surface area contributed by atoms with Crippen molar-refractivity contribution in [2.45, 2.75) is 31.1 Å². The van der Waals surface area contributed by atoms with Gasteiger partial charge in [-0.15, -0.1) is 0 Å². The molecule has 156 valence electrons. The number of aryl methyl sites for hydroxylation is 2. The summed E-state index contributed by atoms with van der Waals surface area (Å²) in [6.07, 6.45) is 4.40. The SMILES string of the molecule is Cc1ccc(C(=O)NNC(=O)c2cc(Br)cn2C)cc1S(=O)(=O)N1CCCCC1. The molecule has 0 radical (unpaired) electrons. The Hall–Kier alpha value is -2.17. The molecule has 1 aromatic heterocycles. The van der Waals surface area contributed by atoms with Crippen molar-refractivity contribution < 1.29 is 18.0 Å². The van der Waals surface area contributed by atoms with Crippen LogP contribution in [0.2, 0.25) is 0 Å². The third kappa shape index (κ3) is 4.71. The maximum atomic E-state index is 13.0. The minimum Gasteiger partial charge on any atom is -0.345 e. The number of hydrogen-bond donors (Lipinski definition) is 2. The summed E-state index contributed by atoms with van der Waals surface area (Å²) in [5.74, 6) is -1.08. The van der Waals surface area contributed by atoms with E-state index in [1.54, 1.807) is 36.9 Å². The number of aromatic nitrogens is 1. The average Bonchev–Trinajstić information content (AvgIpc) is 3.04. The maximum Gasteiger partial charge on any atom is 0.286 e. The van der Waals surface area contributed by atoms with Crippen molar-refractivity contribution in [2.24, 2.45) is 7.05 Å². The molecule has 0 bridgehead atoms. The number of piperidine rings is 1. The van der Waals surface area contributed by atoms with Gasteiger partial charge in [0.15, 0.2) is 0 Å². The first-order valence-electron chi connectivity index (χ1n) is 9.23. The number of carbonyl (C=O) groups is 2. The molecule has 0 saturated carbocycles. The van der Waals surface area contributed by atoms with Gasteiger partial charge in [0.05, 0.1) is 4.90 Å². The van der Waals surface area contributed by atoms with Crippen LogP contribution in [0.15, 0.2) is 39.8 Å². The Kier molecular flexibility index (Phi) is 6.45. The molecular weight excluding hydrogens is 460 g/mol. The summed E-state index contributed by atoms with van der Waals surface area (Å²) >= 11 is 3.28. The van der Waals surface area contributed by atoms with Gasteiger partial charge in [-0.3, -0.25) is 20.4 Å². The molecule has 1 aliphatic heterocycles. The van der Waals surface area contributed by atoms with E-state index in [4.69, 9.17) is 0 Å². The third-order valence-electron chi connectivity index (χ3n) is 4.88. The molecule has 3 rings (SSSR count). The highest BCUT2D eigenvalue weighted by Gasteiger charge is 2.28. The number of amides is 2. The first-order chi connectivity index (χ1) is 13.7. The molecule has 0 atom stereocenters. The molecule has 8 nitrogen and oxygen atoms in total. The van der Waals surface area contributed by atoms with E-state index in [0.717, 1.165) is 23.7 Å². The zero-order chi connectivity index (χ0) is 21.2. The molecule has 1 aromatic carbocycles. The Labute approximate surface area is 178 Å². The van der Waals surface area contributed by atoms with Gasteiger partial charge in [0, 0.05) is 36.4 Å². The van der Waals surface area contributed by atoms with E-state index >= 15 is 0 Å². The number of hydrazine groups is 1. The molecule has 2 heterocycles. The Bertz CT molecular complexity index is 1040. The van der Waals surface area contributed by atoms with Crippen LogP contribution in [-0.4, -0.2) is 42.2 Å². The van der Waals surface area contributed by atoms with Gasteiger partial charge in [-0.1, -0.05) is 12.5 Å². The van der Waals surface area contributed by atoms with E-state index in [-0.39, 0.29) is 10.5 Å². The summed E-state index contributed by atoms with van der Waals surface area (Å²) in [7, 11) is -1.96. The summed E-state index contributed by atoms with van der Waals surface area (Å²) in [6.45, 7) is 2.68. The smallest absolute Gasteiger partial charge is 0.286 e. The van der Waals surface area contributed by atoms with E-state index < -0.39 is 21.8 Å². The fourth-order valence-electron chi connectivity index (χ4n) is 3.26. The highest BCUT2D eigenvalue weighted by Crippen LogP contribution is 2.24. The monoisotopic (exact) mass is 482 g/mol. The largest absolute Gasteiger partial charge is 0.345 e. The minimum absolute atomic E-state index is 0.116. The number of halogens is 1. The summed E-state index contributed by atoms with van der Waals surface area (Å²) in [5, 5.41) is 0. The number of sulfonamides is 1. The molecule has 1 saturated heterocycles. The molecule has 0 aliphatic carbocycles. The number of nitrogens with zero attached hydrogens (tertiary/aromatic N) is 2. The van der Waals surface area contributed by atoms with Gasteiger partial charge in [-0.25, -0.2) is 8.42 Å². The molecule has 2 amide bonds. The molecule has 2 N–H and O–H groups in total. The van der Waals surface area contributed by atoms with Gasteiger partial charge in [0.1, 0.15) is 5.69 Å². The Morgan fingerprint density at radius 3 is 2.31 bits per heavy atom. The lowest BCUT2D eigenvalue weighted by molar-refractivity contribution is 0.0842. The highest BCUT2D eigenvalue weighted by atomic mass is 79.9. The van der Waals surface area contributed by atoms with Crippen molar-refractivity contribution in [1.29, 1.82) is 0 Å². The molecular formula is C19H23BrN4O4S. The number of hydrogen-bond acceptors (Lipinski definition) is 4. The van der Waals surface area contributed by atoms with Crippen molar-refractivity contribution in [3.05, 3.63) is 51.8 Å². The lowest BCUT2D eigenvalue weighted by Crippen LogP contribution is -2.42. The molecule has 29 heavy (non-hydrogen) atoms. The average molecular weight is 483 g/mol. The Balaban J connectivity index is 1.75. The van der Waals surface area contributed by atoms with E-state index in [9.17, 15) is 18.0 Å². The Morgan fingerprint density at radius 2 is 1.69 bits per heavy atom. The van der Waals surface area contributed by atoms with Crippen LogP contribution in [0, 0.1) is 6.92 Å². The predicted octanol–water partition coefficient (Wildman–Crippen LogP) is 2.35. The number of carbonyl (C=O) groups excluding carboxylic acids is 2. The van der Waals surface area contributed by atoms with Crippen LogP contribution in [0.25, 0.3) is 0 Å². The molecule has 1 aliphatic rings. The van der Waals surface area contributed by atoms with Crippen LogP contribution in [0.1, 0.15) is 45.7 Å². The fourth-order valence-corrected chi connectivity index (χ4v) is 5.56. The van der Waals surface area contributed by atoms with Gasteiger partial charge < -0.3 is 4.57 Å². The van der Waals surface area contributed by atoms with E-state index in [2.05, 4.69) is 26.8 Å². The number of nitrogens with one attached hydrogen (secondary N) is 2. The Morgan fingerprint density at radius 1 is 1.03 bits per heavy atom. The second-order valence-electron chi connectivity index (χ2n) is 7.01. The second kappa shape index (κ2) is 8.68. The maximum absolute atomic E-state index is 13.0. The summed E-state index contributed by atoms with van der Waals surface area (Å²) in [5.41, 5.74) is 5.77. The van der Waals surface area contributed by atoms with Gasteiger partial charge in [-0.2, -0.15) is 4.31 Å². The zero-order valence-corrected chi connectivity index (χ0v) is 18.6. The van der Waals surface area contributed by atoms with Crippen molar-refractivity contribution in [1.82, 2.24) is 19.7 Å². The van der Waals surface area contributed by atoms with Crippen molar-refractivity contribution >= 4 is 37.8 Å². The van der Waals surface area contributed by atoms with Crippen molar-refractivity contribution in [3.8, 4) is 0 Å². The van der Waals surface area contributed by atoms with Crippen LogP contribution < -0.4 is 10.9 Å². The molecule has 0 spiro atoms.